The molecule has 0 spiro atoms. The maximum Gasteiger partial charge on any atom is 0.223 e. The van der Waals surface area contributed by atoms with Gasteiger partial charge in [0, 0.05) is 63.7 Å². The van der Waals surface area contributed by atoms with Crippen molar-refractivity contribution in [2.24, 2.45) is 0 Å². The Hall–Kier alpha value is -2.38. The normalized spacial score (nSPS) is 20.5. The van der Waals surface area contributed by atoms with Crippen molar-refractivity contribution in [3.63, 3.8) is 0 Å². The number of rotatable bonds is 6. The summed E-state index contributed by atoms with van der Waals surface area (Å²) < 4.78 is 11.0. The molecule has 1 N–H and O–H groups in total. The van der Waals surface area contributed by atoms with Gasteiger partial charge < -0.3 is 19.4 Å². The zero-order valence-corrected chi connectivity index (χ0v) is 16.4. The maximum atomic E-state index is 12.6. The molecular weight excluding hydrogens is 356 g/mol. The van der Waals surface area contributed by atoms with Gasteiger partial charge in [0.2, 0.25) is 5.91 Å². The zero-order valence-electron chi connectivity index (χ0n) is 16.4. The van der Waals surface area contributed by atoms with Gasteiger partial charge in [-0.1, -0.05) is 0 Å². The SMILES string of the molecule is COc1ccc(-c2cnc(CCC(=O)N3CCC(N4CCNCC4)C3)o2)cc1. The van der Waals surface area contributed by atoms with Crippen LogP contribution in [0.25, 0.3) is 11.3 Å². The van der Waals surface area contributed by atoms with Crippen molar-refractivity contribution >= 4 is 5.91 Å². The topological polar surface area (TPSA) is 70.8 Å². The van der Waals surface area contributed by atoms with Crippen molar-refractivity contribution in [2.45, 2.75) is 25.3 Å². The van der Waals surface area contributed by atoms with Crippen LogP contribution in [-0.2, 0) is 11.2 Å². The third-order valence-electron chi connectivity index (χ3n) is 5.66. The largest absolute Gasteiger partial charge is 0.497 e. The number of hydrogen-bond donors (Lipinski definition) is 1. The van der Waals surface area contributed by atoms with E-state index in [-0.39, 0.29) is 5.91 Å². The summed E-state index contributed by atoms with van der Waals surface area (Å²) in [6, 6.07) is 8.17. The monoisotopic (exact) mass is 384 g/mol. The van der Waals surface area contributed by atoms with Crippen LogP contribution in [-0.4, -0.2) is 73.1 Å². The second-order valence-electron chi connectivity index (χ2n) is 7.41. The van der Waals surface area contributed by atoms with E-state index in [1.165, 1.54) is 0 Å². The molecule has 0 aliphatic carbocycles. The average Bonchev–Trinajstić information content (AvgIpc) is 3.43. The Balaban J connectivity index is 1.27. The molecule has 0 bridgehead atoms. The van der Waals surface area contributed by atoms with E-state index in [2.05, 4.69) is 15.2 Å². The lowest BCUT2D eigenvalue weighted by Gasteiger charge is -2.32. The van der Waals surface area contributed by atoms with Crippen LogP contribution in [0.2, 0.25) is 0 Å². The number of oxazole rings is 1. The first-order valence-corrected chi connectivity index (χ1v) is 10.0. The van der Waals surface area contributed by atoms with Gasteiger partial charge in [0.25, 0.3) is 0 Å². The van der Waals surface area contributed by atoms with Crippen LogP contribution < -0.4 is 10.1 Å². The molecular formula is C21H28N4O3. The number of aryl methyl sites for hydroxylation is 1. The number of methoxy groups -OCH3 is 1. The van der Waals surface area contributed by atoms with Gasteiger partial charge in [-0.2, -0.15) is 0 Å². The minimum Gasteiger partial charge on any atom is -0.497 e. The van der Waals surface area contributed by atoms with Crippen LogP contribution >= 0.6 is 0 Å². The molecule has 7 heteroatoms. The van der Waals surface area contributed by atoms with Crippen molar-refractivity contribution in [2.75, 3.05) is 46.4 Å². The van der Waals surface area contributed by atoms with Gasteiger partial charge in [-0.25, -0.2) is 4.98 Å². The number of ether oxygens (including phenoxy) is 1. The molecule has 3 heterocycles. The molecule has 1 unspecified atom stereocenters. The highest BCUT2D eigenvalue weighted by molar-refractivity contribution is 5.76. The summed E-state index contributed by atoms with van der Waals surface area (Å²) in [5, 5.41) is 3.38. The highest BCUT2D eigenvalue weighted by Gasteiger charge is 2.30. The van der Waals surface area contributed by atoms with E-state index in [4.69, 9.17) is 9.15 Å². The minimum atomic E-state index is 0.196. The Morgan fingerprint density at radius 3 is 2.79 bits per heavy atom. The van der Waals surface area contributed by atoms with Gasteiger partial charge in [0.05, 0.1) is 13.3 Å². The smallest absolute Gasteiger partial charge is 0.223 e. The lowest BCUT2D eigenvalue weighted by atomic mass is 10.2. The van der Waals surface area contributed by atoms with E-state index < -0.39 is 0 Å². The third kappa shape index (κ3) is 4.36. The number of benzene rings is 1. The second kappa shape index (κ2) is 8.75. The lowest BCUT2D eigenvalue weighted by molar-refractivity contribution is -0.130. The number of nitrogens with one attached hydrogen (secondary N) is 1. The molecule has 2 fully saturated rings. The Labute approximate surface area is 165 Å². The fourth-order valence-electron chi connectivity index (χ4n) is 4.00. The summed E-state index contributed by atoms with van der Waals surface area (Å²) in [6.45, 7) is 5.96. The van der Waals surface area contributed by atoms with E-state index in [0.717, 1.165) is 57.0 Å². The number of piperazine rings is 1. The molecule has 2 aliphatic heterocycles. The molecule has 28 heavy (non-hydrogen) atoms. The van der Waals surface area contributed by atoms with Gasteiger partial charge >= 0.3 is 0 Å². The molecule has 150 valence electrons. The van der Waals surface area contributed by atoms with E-state index in [1.54, 1.807) is 13.3 Å². The molecule has 1 aromatic heterocycles. The van der Waals surface area contributed by atoms with Crippen molar-refractivity contribution in [1.29, 1.82) is 0 Å². The summed E-state index contributed by atoms with van der Waals surface area (Å²) in [5.41, 5.74) is 0.948. The number of likely N-dealkylation sites (tertiary alicyclic amines) is 1. The first kappa shape index (κ1) is 19.0. The summed E-state index contributed by atoms with van der Waals surface area (Å²) >= 11 is 0. The number of aromatic nitrogens is 1. The number of hydrogen-bond acceptors (Lipinski definition) is 6. The van der Waals surface area contributed by atoms with Crippen molar-refractivity contribution in [3.05, 3.63) is 36.4 Å². The molecule has 7 nitrogen and oxygen atoms in total. The molecule has 1 atom stereocenters. The predicted molar refractivity (Wildman–Crippen MR) is 106 cm³/mol. The summed E-state index contributed by atoms with van der Waals surface area (Å²) in [7, 11) is 1.64. The first-order chi connectivity index (χ1) is 13.7. The Morgan fingerprint density at radius 1 is 1.25 bits per heavy atom. The van der Waals surface area contributed by atoms with Gasteiger partial charge in [0.1, 0.15) is 5.75 Å². The molecule has 2 aromatic rings. The second-order valence-corrected chi connectivity index (χ2v) is 7.41. The van der Waals surface area contributed by atoms with Gasteiger partial charge in [-0.3, -0.25) is 9.69 Å². The summed E-state index contributed by atoms with van der Waals surface area (Å²) in [6.07, 6.45) is 3.77. The predicted octanol–water partition coefficient (Wildman–Crippen LogP) is 1.79. The average molecular weight is 384 g/mol. The van der Waals surface area contributed by atoms with Crippen LogP contribution in [0.4, 0.5) is 0 Å². The maximum absolute atomic E-state index is 12.6. The number of nitrogens with zero attached hydrogens (tertiary/aromatic N) is 3. The van der Waals surface area contributed by atoms with Gasteiger partial charge in [-0.05, 0) is 30.7 Å². The minimum absolute atomic E-state index is 0.196. The summed E-state index contributed by atoms with van der Waals surface area (Å²) in [5.74, 6) is 2.32. The first-order valence-electron chi connectivity index (χ1n) is 10.0. The van der Waals surface area contributed by atoms with E-state index in [9.17, 15) is 4.79 Å². The molecule has 2 aliphatic rings. The van der Waals surface area contributed by atoms with Crippen LogP contribution in [0.15, 0.2) is 34.9 Å². The van der Waals surface area contributed by atoms with Crippen molar-refractivity contribution in [3.8, 4) is 17.1 Å². The van der Waals surface area contributed by atoms with E-state index in [1.807, 2.05) is 29.2 Å². The molecule has 1 aromatic carbocycles. The Kier molecular flexibility index (Phi) is 5.92. The molecule has 4 rings (SSSR count). The fraction of sp³-hybridized carbons (Fsp3) is 0.524. The van der Waals surface area contributed by atoms with Gasteiger partial charge in [-0.15, -0.1) is 0 Å². The van der Waals surface area contributed by atoms with Crippen LogP contribution in [0.5, 0.6) is 5.75 Å². The van der Waals surface area contributed by atoms with Crippen LogP contribution in [0.3, 0.4) is 0 Å². The van der Waals surface area contributed by atoms with E-state index >= 15 is 0 Å². The highest BCUT2D eigenvalue weighted by Crippen LogP contribution is 2.24. The number of carbonyl (C=O) groups is 1. The highest BCUT2D eigenvalue weighted by atomic mass is 16.5. The molecule has 2 saturated heterocycles. The van der Waals surface area contributed by atoms with Crippen LogP contribution in [0.1, 0.15) is 18.7 Å². The van der Waals surface area contributed by atoms with Gasteiger partial charge in [0.15, 0.2) is 11.7 Å². The van der Waals surface area contributed by atoms with Crippen LogP contribution in [0, 0.1) is 0 Å². The quantitative estimate of drug-likeness (QED) is 0.819. The van der Waals surface area contributed by atoms with Crippen molar-refractivity contribution in [1.82, 2.24) is 20.1 Å². The lowest BCUT2D eigenvalue weighted by Crippen LogP contribution is -2.49. The fourth-order valence-corrected chi connectivity index (χ4v) is 4.00. The number of amides is 1. The standard InChI is InChI=1S/C21H28N4O3/c1-27-18-4-2-16(3-5-18)19-14-23-20(28-19)6-7-21(26)25-11-8-17(15-25)24-12-9-22-10-13-24/h2-5,14,17,22H,6-13,15H2,1H3. The molecule has 1 amide bonds. The number of carbonyl (C=O) groups excluding carboxylic acids is 1. The summed E-state index contributed by atoms with van der Waals surface area (Å²) in [4.78, 5) is 21.5. The zero-order chi connectivity index (χ0) is 19.3. The Morgan fingerprint density at radius 2 is 2.04 bits per heavy atom. The Bertz CT molecular complexity index is 783. The third-order valence-corrected chi connectivity index (χ3v) is 5.66. The molecule has 0 radical (unpaired) electrons. The van der Waals surface area contributed by atoms with E-state index in [0.29, 0.717) is 30.5 Å². The van der Waals surface area contributed by atoms with Crippen molar-refractivity contribution < 1.29 is 13.9 Å². The molecule has 0 saturated carbocycles.